The van der Waals surface area contributed by atoms with Gasteiger partial charge in [-0.1, -0.05) is 0 Å². The minimum absolute atomic E-state index is 0.00425. The van der Waals surface area contributed by atoms with Crippen molar-refractivity contribution in [2.24, 2.45) is 5.84 Å². The van der Waals surface area contributed by atoms with Crippen molar-refractivity contribution < 1.29 is 4.39 Å². The number of thiophene rings is 1. The zero-order valence-corrected chi connectivity index (χ0v) is 13.4. The second kappa shape index (κ2) is 5.81. The van der Waals surface area contributed by atoms with Gasteiger partial charge >= 0.3 is 0 Å². The second-order valence-electron chi connectivity index (χ2n) is 5.00. The number of benzene rings is 1. The molecule has 0 aliphatic heterocycles. The predicted octanol–water partition coefficient (Wildman–Crippen LogP) is 3.86. The smallest absolute Gasteiger partial charge is 0.123 e. The third kappa shape index (κ3) is 2.98. The molecule has 2 heterocycles. The molecular weight excluding hydrogens is 305 g/mol. The van der Waals surface area contributed by atoms with Crippen LogP contribution in [0, 0.1) is 19.7 Å². The van der Waals surface area contributed by atoms with Crippen molar-refractivity contribution in [1.82, 2.24) is 10.4 Å². The molecule has 3 rings (SSSR count). The second-order valence-corrected chi connectivity index (χ2v) is 7.41. The molecule has 21 heavy (non-hydrogen) atoms. The van der Waals surface area contributed by atoms with E-state index in [4.69, 9.17) is 5.84 Å². The maximum Gasteiger partial charge on any atom is 0.123 e. The Kier molecular flexibility index (Phi) is 4.03. The molecule has 1 atom stereocenters. The number of nitrogens with one attached hydrogen (secondary N) is 1. The molecular formula is C15H16FN3S2. The van der Waals surface area contributed by atoms with E-state index >= 15 is 0 Å². The van der Waals surface area contributed by atoms with Crippen LogP contribution in [-0.2, 0) is 6.42 Å². The normalized spacial score (nSPS) is 13.0. The lowest BCUT2D eigenvalue weighted by Crippen LogP contribution is -2.28. The molecule has 3 aromatic rings. The van der Waals surface area contributed by atoms with Crippen molar-refractivity contribution in [3.05, 3.63) is 50.5 Å². The Morgan fingerprint density at radius 2 is 2.10 bits per heavy atom. The van der Waals surface area contributed by atoms with Crippen molar-refractivity contribution >= 4 is 32.8 Å². The summed E-state index contributed by atoms with van der Waals surface area (Å²) in [7, 11) is 0. The Bertz CT molecular complexity index is 759. The number of hydrogen-bond acceptors (Lipinski definition) is 5. The van der Waals surface area contributed by atoms with Crippen LogP contribution in [0.15, 0.2) is 24.3 Å². The van der Waals surface area contributed by atoms with Gasteiger partial charge in [-0.25, -0.2) is 9.37 Å². The van der Waals surface area contributed by atoms with Gasteiger partial charge in [-0.15, -0.1) is 22.7 Å². The summed E-state index contributed by atoms with van der Waals surface area (Å²) in [5.41, 5.74) is 3.93. The molecule has 0 spiro atoms. The Morgan fingerprint density at radius 1 is 1.29 bits per heavy atom. The lowest BCUT2D eigenvalue weighted by molar-refractivity contribution is 0.559. The quantitative estimate of drug-likeness (QED) is 0.567. The molecule has 0 radical (unpaired) electrons. The van der Waals surface area contributed by atoms with Gasteiger partial charge in [0.1, 0.15) is 5.82 Å². The summed E-state index contributed by atoms with van der Waals surface area (Å²) in [6.45, 7) is 4.09. The van der Waals surface area contributed by atoms with Crippen LogP contribution in [0.5, 0.6) is 0 Å². The van der Waals surface area contributed by atoms with E-state index in [1.165, 1.54) is 10.9 Å². The SMILES string of the molecule is Cc1nc(CC(NN)c2cc3cc(F)ccc3s2)sc1C. The van der Waals surface area contributed by atoms with E-state index in [0.29, 0.717) is 0 Å². The van der Waals surface area contributed by atoms with E-state index in [9.17, 15) is 4.39 Å². The summed E-state index contributed by atoms with van der Waals surface area (Å²) in [4.78, 5) is 6.90. The molecule has 6 heteroatoms. The zero-order chi connectivity index (χ0) is 15.0. The van der Waals surface area contributed by atoms with Gasteiger partial charge in [-0.2, -0.15) is 0 Å². The highest BCUT2D eigenvalue weighted by molar-refractivity contribution is 7.19. The third-order valence-electron chi connectivity index (χ3n) is 3.49. The van der Waals surface area contributed by atoms with Gasteiger partial charge in [0.25, 0.3) is 0 Å². The van der Waals surface area contributed by atoms with Crippen LogP contribution in [0.3, 0.4) is 0 Å². The number of halogens is 1. The maximum absolute atomic E-state index is 13.3. The highest BCUT2D eigenvalue weighted by atomic mass is 32.1. The van der Waals surface area contributed by atoms with Crippen molar-refractivity contribution in [3.63, 3.8) is 0 Å². The lowest BCUT2D eigenvalue weighted by atomic mass is 10.1. The fraction of sp³-hybridized carbons (Fsp3) is 0.267. The summed E-state index contributed by atoms with van der Waals surface area (Å²) in [6.07, 6.45) is 0.741. The van der Waals surface area contributed by atoms with Crippen molar-refractivity contribution in [1.29, 1.82) is 0 Å². The standard InChI is InChI=1S/C15H16FN3S2/c1-8-9(2)20-15(18-8)7-12(19-17)14-6-10-5-11(16)3-4-13(10)21-14/h3-6,12,19H,7,17H2,1-2H3. The fourth-order valence-electron chi connectivity index (χ4n) is 2.25. The third-order valence-corrected chi connectivity index (χ3v) is 5.82. The number of nitrogens with two attached hydrogens (primary N) is 1. The highest BCUT2D eigenvalue weighted by Gasteiger charge is 2.16. The van der Waals surface area contributed by atoms with E-state index in [-0.39, 0.29) is 11.9 Å². The van der Waals surface area contributed by atoms with Gasteiger partial charge in [0, 0.05) is 20.9 Å². The molecule has 110 valence electrons. The molecule has 3 N–H and O–H groups in total. The van der Waals surface area contributed by atoms with Crippen LogP contribution in [0.1, 0.15) is 26.5 Å². The average molecular weight is 321 g/mol. The molecule has 0 bridgehead atoms. The Morgan fingerprint density at radius 3 is 2.76 bits per heavy atom. The number of fused-ring (bicyclic) bond motifs is 1. The summed E-state index contributed by atoms with van der Waals surface area (Å²) >= 11 is 3.34. The molecule has 1 unspecified atom stereocenters. The largest absolute Gasteiger partial charge is 0.271 e. The Balaban J connectivity index is 1.90. The first-order valence-corrected chi connectivity index (χ1v) is 8.28. The van der Waals surface area contributed by atoms with Gasteiger partial charge in [-0.05, 0) is 43.5 Å². The molecule has 0 fully saturated rings. The Labute approximate surface area is 130 Å². The molecule has 0 aliphatic carbocycles. The highest BCUT2D eigenvalue weighted by Crippen LogP contribution is 2.32. The van der Waals surface area contributed by atoms with Crippen LogP contribution in [0.2, 0.25) is 0 Å². The van der Waals surface area contributed by atoms with Gasteiger partial charge in [0.2, 0.25) is 0 Å². The molecule has 3 nitrogen and oxygen atoms in total. The lowest BCUT2D eigenvalue weighted by Gasteiger charge is -2.12. The summed E-state index contributed by atoms with van der Waals surface area (Å²) in [6, 6.07) is 6.85. The van der Waals surface area contributed by atoms with E-state index in [0.717, 1.165) is 32.1 Å². The van der Waals surface area contributed by atoms with Gasteiger partial charge in [0.15, 0.2) is 0 Å². The topological polar surface area (TPSA) is 50.9 Å². The number of hydrazine groups is 1. The molecule has 0 aliphatic rings. The van der Waals surface area contributed by atoms with Gasteiger partial charge in [-0.3, -0.25) is 11.3 Å². The molecule has 0 saturated heterocycles. The van der Waals surface area contributed by atoms with Gasteiger partial charge in [0.05, 0.1) is 16.7 Å². The number of thiazole rings is 1. The first-order valence-electron chi connectivity index (χ1n) is 6.65. The van der Waals surface area contributed by atoms with E-state index in [2.05, 4.69) is 17.3 Å². The van der Waals surface area contributed by atoms with Crippen molar-refractivity contribution in [3.8, 4) is 0 Å². The van der Waals surface area contributed by atoms with Crippen LogP contribution in [0.4, 0.5) is 4.39 Å². The van der Waals surface area contributed by atoms with E-state index < -0.39 is 0 Å². The maximum atomic E-state index is 13.3. The minimum atomic E-state index is -0.213. The number of nitrogens with zero attached hydrogens (tertiary/aromatic N) is 1. The Hall–Kier alpha value is -1.34. The van der Waals surface area contributed by atoms with Gasteiger partial charge < -0.3 is 0 Å². The van der Waals surface area contributed by atoms with E-state index in [1.807, 2.05) is 19.1 Å². The first kappa shape index (κ1) is 14.6. The number of rotatable bonds is 4. The fourth-order valence-corrected chi connectivity index (χ4v) is 4.33. The summed E-state index contributed by atoms with van der Waals surface area (Å²) < 4.78 is 14.3. The number of aryl methyl sites for hydroxylation is 2. The number of aromatic nitrogens is 1. The minimum Gasteiger partial charge on any atom is -0.271 e. The molecule has 0 saturated carbocycles. The molecule has 1 aromatic carbocycles. The average Bonchev–Trinajstić information content (AvgIpc) is 2.99. The van der Waals surface area contributed by atoms with Crippen LogP contribution in [-0.4, -0.2) is 4.98 Å². The van der Waals surface area contributed by atoms with Crippen molar-refractivity contribution in [2.75, 3.05) is 0 Å². The van der Waals surface area contributed by atoms with Crippen LogP contribution in [0.25, 0.3) is 10.1 Å². The zero-order valence-electron chi connectivity index (χ0n) is 11.8. The van der Waals surface area contributed by atoms with E-state index in [1.54, 1.807) is 28.7 Å². The number of hydrogen-bond donors (Lipinski definition) is 2. The predicted molar refractivity (Wildman–Crippen MR) is 87.1 cm³/mol. The van der Waals surface area contributed by atoms with Crippen molar-refractivity contribution in [2.45, 2.75) is 26.3 Å². The summed E-state index contributed by atoms with van der Waals surface area (Å²) in [5.74, 6) is 5.50. The summed E-state index contributed by atoms with van der Waals surface area (Å²) in [5, 5.41) is 1.98. The first-order chi connectivity index (χ1) is 10.1. The van der Waals surface area contributed by atoms with Crippen LogP contribution < -0.4 is 11.3 Å². The molecule has 0 amide bonds. The van der Waals surface area contributed by atoms with Crippen LogP contribution >= 0.6 is 22.7 Å². The monoisotopic (exact) mass is 321 g/mol. The molecule has 2 aromatic heterocycles.